The molecule has 28 heavy (non-hydrogen) atoms. The van der Waals surface area contributed by atoms with Gasteiger partial charge in [0.1, 0.15) is 18.2 Å². The van der Waals surface area contributed by atoms with Crippen molar-refractivity contribution in [3.05, 3.63) is 59.9 Å². The molecule has 0 amide bonds. The summed E-state index contributed by atoms with van der Waals surface area (Å²) in [6.07, 6.45) is 1.42. The zero-order chi connectivity index (χ0) is 19.5. The Morgan fingerprint density at radius 2 is 1.93 bits per heavy atom. The van der Waals surface area contributed by atoms with Gasteiger partial charge in [-0.25, -0.2) is 4.39 Å². The molecule has 0 spiro atoms. The van der Waals surface area contributed by atoms with Crippen molar-refractivity contribution in [2.75, 3.05) is 12.4 Å². The summed E-state index contributed by atoms with van der Waals surface area (Å²) in [4.78, 5) is 0. The van der Waals surface area contributed by atoms with Crippen LogP contribution in [0, 0.1) is 12.7 Å². The van der Waals surface area contributed by atoms with E-state index in [1.54, 1.807) is 18.2 Å². The van der Waals surface area contributed by atoms with E-state index in [0.29, 0.717) is 28.3 Å². The molecule has 7 heteroatoms. The standard InChI is InChI=1S/C21H22FN3O2S/c1-14-6-2-5-9-19(14)27-12-16(26)13-28-21-24-23-20(25(21)15-10-11-15)17-7-3-4-8-18(17)22/h2-9,15-16,26H,10-13H2,1H3/t16-/m0/s1. The fourth-order valence-electron chi connectivity index (χ4n) is 2.99. The van der Waals surface area contributed by atoms with Crippen LogP contribution in [0.1, 0.15) is 24.4 Å². The number of hydrogen-bond donors (Lipinski definition) is 1. The molecule has 146 valence electrons. The number of halogens is 1. The van der Waals surface area contributed by atoms with E-state index in [-0.39, 0.29) is 12.4 Å². The summed E-state index contributed by atoms with van der Waals surface area (Å²) in [5.41, 5.74) is 1.49. The molecule has 1 aliphatic carbocycles. The van der Waals surface area contributed by atoms with Crippen LogP contribution in [0.5, 0.6) is 5.75 Å². The number of aryl methyl sites for hydroxylation is 1. The molecule has 0 bridgehead atoms. The number of thioether (sulfide) groups is 1. The molecule has 4 rings (SSSR count). The minimum Gasteiger partial charge on any atom is -0.491 e. The highest BCUT2D eigenvalue weighted by atomic mass is 32.2. The molecule has 1 fully saturated rings. The van der Waals surface area contributed by atoms with Gasteiger partial charge in [-0.05, 0) is 43.5 Å². The Kier molecular flexibility index (Phi) is 5.64. The first-order chi connectivity index (χ1) is 13.6. The maximum absolute atomic E-state index is 14.2. The lowest BCUT2D eigenvalue weighted by Gasteiger charge is -2.14. The summed E-state index contributed by atoms with van der Waals surface area (Å²) >= 11 is 1.42. The number of ether oxygens (including phenoxy) is 1. The van der Waals surface area contributed by atoms with Gasteiger partial charge < -0.3 is 9.84 Å². The zero-order valence-corrected chi connectivity index (χ0v) is 16.4. The first kappa shape index (κ1) is 19.0. The highest BCUT2D eigenvalue weighted by Gasteiger charge is 2.31. The molecule has 1 aromatic heterocycles. The number of rotatable bonds is 8. The van der Waals surface area contributed by atoms with Crippen LogP contribution in [0.25, 0.3) is 11.4 Å². The SMILES string of the molecule is Cc1ccccc1OC[C@H](O)CSc1nnc(-c2ccccc2F)n1C1CC1. The Hall–Kier alpha value is -2.38. The summed E-state index contributed by atoms with van der Waals surface area (Å²) in [5.74, 6) is 1.44. The average molecular weight is 399 g/mol. The zero-order valence-electron chi connectivity index (χ0n) is 15.6. The molecule has 5 nitrogen and oxygen atoms in total. The molecule has 1 aliphatic rings. The second-order valence-electron chi connectivity index (χ2n) is 6.93. The maximum atomic E-state index is 14.2. The Bertz CT molecular complexity index is 958. The Morgan fingerprint density at radius 1 is 1.18 bits per heavy atom. The maximum Gasteiger partial charge on any atom is 0.191 e. The number of aromatic nitrogens is 3. The van der Waals surface area contributed by atoms with Gasteiger partial charge in [-0.2, -0.15) is 0 Å². The Balaban J connectivity index is 1.42. The van der Waals surface area contributed by atoms with Crippen molar-refractivity contribution in [2.24, 2.45) is 0 Å². The minimum absolute atomic E-state index is 0.204. The van der Waals surface area contributed by atoms with Crippen LogP contribution in [0.3, 0.4) is 0 Å². The van der Waals surface area contributed by atoms with Gasteiger partial charge in [-0.1, -0.05) is 42.1 Å². The quantitative estimate of drug-likeness (QED) is 0.574. The van der Waals surface area contributed by atoms with Crippen LogP contribution < -0.4 is 4.74 Å². The third-order valence-electron chi connectivity index (χ3n) is 4.62. The van der Waals surface area contributed by atoms with Crippen LogP contribution in [0.4, 0.5) is 4.39 Å². The summed E-state index contributed by atoms with van der Waals surface area (Å²) in [7, 11) is 0. The van der Waals surface area contributed by atoms with Gasteiger partial charge >= 0.3 is 0 Å². The minimum atomic E-state index is -0.647. The number of para-hydroxylation sites is 1. The van der Waals surface area contributed by atoms with Crippen molar-refractivity contribution >= 4 is 11.8 Å². The lowest BCUT2D eigenvalue weighted by molar-refractivity contribution is 0.126. The van der Waals surface area contributed by atoms with Gasteiger partial charge in [-0.3, -0.25) is 4.57 Å². The molecule has 1 heterocycles. The highest BCUT2D eigenvalue weighted by Crippen LogP contribution is 2.41. The third kappa shape index (κ3) is 4.20. The first-order valence-corrected chi connectivity index (χ1v) is 10.3. The lowest BCUT2D eigenvalue weighted by atomic mass is 10.2. The monoisotopic (exact) mass is 399 g/mol. The fraction of sp³-hybridized carbons (Fsp3) is 0.333. The molecule has 1 atom stereocenters. The van der Waals surface area contributed by atoms with E-state index in [0.717, 1.165) is 24.2 Å². The largest absolute Gasteiger partial charge is 0.491 e. The van der Waals surface area contributed by atoms with Crippen molar-refractivity contribution in [2.45, 2.75) is 37.1 Å². The highest BCUT2D eigenvalue weighted by molar-refractivity contribution is 7.99. The van der Waals surface area contributed by atoms with E-state index in [4.69, 9.17) is 4.74 Å². The fourth-order valence-corrected chi connectivity index (χ4v) is 3.90. The smallest absolute Gasteiger partial charge is 0.191 e. The molecular weight excluding hydrogens is 377 g/mol. The van der Waals surface area contributed by atoms with Gasteiger partial charge in [0.15, 0.2) is 11.0 Å². The second kappa shape index (κ2) is 8.32. The normalized spacial score (nSPS) is 14.8. The Labute approximate surface area is 167 Å². The van der Waals surface area contributed by atoms with E-state index < -0.39 is 6.10 Å². The van der Waals surface area contributed by atoms with Crippen LogP contribution in [-0.4, -0.2) is 38.3 Å². The molecule has 0 saturated heterocycles. The summed E-state index contributed by atoms with van der Waals surface area (Å²) < 4.78 is 21.9. The van der Waals surface area contributed by atoms with E-state index in [9.17, 15) is 9.50 Å². The van der Waals surface area contributed by atoms with Crippen LogP contribution in [0.15, 0.2) is 53.7 Å². The molecule has 3 aromatic rings. The van der Waals surface area contributed by atoms with Crippen LogP contribution in [0.2, 0.25) is 0 Å². The van der Waals surface area contributed by atoms with E-state index >= 15 is 0 Å². The molecule has 0 unspecified atom stereocenters. The number of aliphatic hydroxyl groups is 1. The van der Waals surface area contributed by atoms with Crippen LogP contribution >= 0.6 is 11.8 Å². The average Bonchev–Trinajstić information content (AvgIpc) is 3.45. The first-order valence-electron chi connectivity index (χ1n) is 9.32. The van der Waals surface area contributed by atoms with Gasteiger partial charge in [0.2, 0.25) is 0 Å². The van der Waals surface area contributed by atoms with Gasteiger partial charge in [0.05, 0.1) is 11.7 Å². The summed E-state index contributed by atoms with van der Waals surface area (Å²) in [5, 5.41) is 19.5. The van der Waals surface area contributed by atoms with Gasteiger partial charge in [0.25, 0.3) is 0 Å². The van der Waals surface area contributed by atoms with Crippen LogP contribution in [-0.2, 0) is 0 Å². The van der Waals surface area contributed by atoms with Crippen molar-refractivity contribution in [1.82, 2.24) is 14.8 Å². The topological polar surface area (TPSA) is 60.2 Å². The van der Waals surface area contributed by atoms with Gasteiger partial charge in [0, 0.05) is 11.8 Å². The van der Waals surface area contributed by atoms with E-state index in [1.807, 2.05) is 35.8 Å². The van der Waals surface area contributed by atoms with Gasteiger partial charge in [-0.15, -0.1) is 10.2 Å². The Morgan fingerprint density at radius 3 is 2.68 bits per heavy atom. The predicted molar refractivity (Wildman–Crippen MR) is 107 cm³/mol. The molecule has 0 aliphatic heterocycles. The molecule has 0 radical (unpaired) electrons. The number of hydrogen-bond acceptors (Lipinski definition) is 5. The second-order valence-corrected chi connectivity index (χ2v) is 7.92. The van der Waals surface area contributed by atoms with E-state index in [2.05, 4.69) is 10.2 Å². The van der Waals surface area contributed by atoms with Crippen molar-refractivity contribution < 1.29 is 14.2 Å². The van der Waals surface area contributed by atoms with Crippen molar-refractivity contribution in [3.8, 4) is 17.1 Å². The molecule has 2 aromatic carbocycles. The molecule has 1 N–H and O–H groups in total. The number of nitrogens with zero attached hydrogens (tertiary/aromatic N) is 3. The predicted octanol–water partition coefficient (Wildman–Crippen LogP) is 4.26. The number of aliphatic hydroxyl groups excluding tert-OH is 1. The summed E-state index contributed by atoms with van der Waals surface area (Å²) in [6, 6.07) is 14.6. The van der Waals surface area contributed by atoms with Crippen molar-refractivity contribution in [1.29, 1.82) is 0 Å². The molecule has 1 saturated carbocycles. The number of benzene rings is 2. The van der Waals surface area contributed by atoms with E-state index in [1.165, 1.54) is 17.8 Å². The molecular formula is C21H22FN3O2S. The third-order valence-corrected chi connectivity index (χ3v) is 5.71. The van der Waals surface area contributed by atoms with Crippen molar-refractivity contribution in [3.63, 3.8) is 0 Å². The summed E-state index contributed by atoms with van der Waals surface area (Å²) in [6.45, 7) is 2.18. The lowest BCUT2D eigenvalue weighted by Crippen LogP contribution is -2.20.